The van der Waals surface area contributed by atoms with Crippen molar-refractivity contribution >= 4 is 5.91 Å². The summed E-state index contributed by atoms with van der Waals surface area (Å²) in [6.07, 6.45) is 4.98. The van der Waals surface area contributed by atoms with E-state index in [0.29, 0.717) is 6.54 Å². The molecule has 110 valence electrons. The Kier molecular flexibility index (Phi) is 7.62. The van der Waals surface area contributed by atoms with Crippen LogP contribution >= 0.6 is 0 Å². The highest BCUT2D eigenvalue weighted by atomic mass is 16.1. The molecule has 1 aromatic carbocycles. The van der Waals surface area contributed by atoms with Crippen molar-refractivity contribution in [3.63, 3.8) is 0 Å². The van der Waals surface area contributed by atoms with Gasteiger partial charge in [-0.3, -0.25) is 4.79 Å². The second kappa shape index (κ2) is 9.28. The molecule has 0 radical (unpaired) electrons. The summed E-state index contributed by atoms with van der Waals surface area (Å²) >= 11 is 0. The van der Waals surface area contributed by atoms with Gasteiger partial charge in [-0.2, -0.15) is 0 Å². The summed E-state index contributed by atoms with van der Waals surface area (Å²) in [4.78, 5) is 13.7. The average Bonchev–Trinajstić information content (AvgIpc) is 2.42. The van der Waals surface area contributed by atoms with Gasteiger partial charge in [-0.15, -0.1) is 0 Å². The molecule has 3 N–H and O–H groups in total. The Morgan fingerprint density at radius 3 is 2.70 bits per heavy atom. The molecular formula is C16H25N3O. The highest BCUT2D eigenvalue weighted by molar-refractivity contribution is 5.87. The molecule has 20 heavy (non-hydrogen) atoms. The molecule has 0 saturated carbocycles. The number of nitrogens with two attached hydrogens (primary N) is 1. The molecule has 0 aliphatic carbocycles. The van der Waals surface area contributed by atoms with Gasteiger partial charge in [0.2, 0.25) is 5.91 Å². The van der Waals surface area contributed by atoms with Gasteiger partial charge in [0, 0.05) is 18.7 Å². The summed E-state index contributed by atoms with van der Waals surface area (Å²) in [5, 5.41) is 2.85. The summed E-state index contributed by atoms with van der Waals surface area (Å²) in [5.41, 5.74) is 7.15. The summed E-state index contributed by atoms with van der Waals surface area (Å²) in [5.74, 6) is -0.0766. The van der Waals surface area contributed by atoms with Crippen LogP contribution in [0.3, 0.4) is 0 Å². The van der Waals surface area contributed by atoms with Crippen molar-refractivity contribution in [3.05, 3.63) is 48.0 Å². The zero-order chi connectivity index (χ0) is 14.8. The van der Waals surface area contributed by atoms with Crippen molar-refractivity contribution in [3.8, 4) is 0 Å². The van der Waals surface area contributed by atoms with Crippen LogP contribution in [0.4, 0.5) is 0 Å². The number of amides is 1. The molecule has 0 spiro atoms. The molecule has 4 nitrogen and oxygen atoms in total. The zero-order valence-corrected chi connectivity index (χ0v) is 12.4. The lowest BCUT2D eigenvalue weighted by Crippen LogP contribution is -2.26. The molecule has 0 aliphatic rings. The third-order valence-electron chi connectivity index (χ3n) is 2.89. The van der Waals surface area contributed by atoms with Crippen LogP contribution in [0, 0.1) is 0 Å². The van der Waals surface area contributed by atoms with Crippen molar-refractivity contribution in [2.75, 3.05) is 27.2 Å². The number of nitrogens with zero attached hydrogens (tertiary/aromatic N) is 1. The Morgan fingerprint density at radius 1 is 1.35 bits per heavy atom. The molecule has 0 bridgehead atoms. The highest BCUT2D eigenvalue weighted by Crippen LogP contribution is 2.02. The smallest absolute Gasteiger partial charge is 0.243 e. The fourth-order valence-electron chi connectivity index (χ4n) is 1.83. The van der Waals surface area contributed by atoms with Crippen molar-refractivity contribution in [2.45, 2.75) is 18.9 Å². The van der Waals surface area contributed by atoms with E-state index < -0.39 is 0 Å². The molecule has 0 heterocycles. The van der Waals surface area contributed by atoms with Gasteiger partial charge in [-0.05, 0) is 39.0 Å². The monoisotopic (exact) mass is 275 g/mol. The van der Waals surface area contributed by atoms with E-state index >= 15 is 0 Å². The Hall–Kier alpha value is -1.65. The van der Waals surface area contributed by atoms with E-state index in [1.54, 1.807) is 6.08 Å². The average molecular weight is 275 g/mol. The van der Waals surface area contributed by atoms with E-state index in [1.165, 1.54) is 11.6 Å². The van der Waals surface area contributed by atoms with Gasteiger partial charge in [0.25, 0.3) is 0 Å². The van der Waals surface area contributed by atoms with Crippen LogP contribution in [-0.4, -0.2) is 44.0 Å². The Labute approximate surface area is 121 Å². The molecule has 0 unspecified atom stereocenters. The molecule has 1 amide bonds. The van der Waals surface area contributed by atoms with Gasteiger partial charge in [0.05, 0.1) is 0 Å². The van der Waals surface area contributed by atoms with Crippen molar-refractivity contribution < 1.29 is 4.79 Å². The van der Waals surface area contributed by atoms with Gasteiger partial charge in [0.15, 0.2) is 0 Å². The van der Waals surface area contributed by atoms with Crippen LogP contribution in [0.15, 0.2) is 42.5 Å². The van der Waals surface area contributed by atoms with Crippen LogP contribution in [0.1, 0.15) is 12.0 Å². The van der Waals surface area contributed by atoms with Crippen molar-refractivity contribution in [1.29, 1.82) is 0 Å². The van der Waals surface area contributed by atoms with E-state index in [4.69, 9.17) is 5.73 Å². The fourth-order valence-corrected chi connectivity index (χ4v) is 1.83. The summed E-state index contributed by atoms with van der Waals surface area (Å²) in [6, 6.07) is 9.90. The number of nitrogens with one attached hydrogen (secondary N) is 1. The Balaban J connectivity index is 2.23. The molecule has 0 fully saturated rings. The van der Waals surface area contributed by atoms with Gasteiger partial charge in [0.1, 0.15) is 0 Å². The standard InChI is InChI=1S/C16H25N3O/c1-19(2)12-6-11-18-16(20)10-9-15(17)13-14-7-4-3-5-8-14/h3-5,7-10,15H,6,11-13,17H2,1-2H3,(H,18,20)/t15-/m0/s1. The maximum atomic E-state index is 11.6. The molecule has 0 aromatic heterocycles. The van der Waals surface area contributed by atoms with Crippen LogP contribution < -0.4 is 11.1 Å². The number of carbonyl (C=O) groups is 1. The van der Waals surface area contributed by atoms with Gasteiger partial charge in [-0.1, -0.05) is 36.4 Å². The molecular weight excluding hydrogens is 250 g/mol. The predicted molar refractivity (Wildman–Crippen MR) is 83.4 cm³/mol. The van der Waals surface area contributed by atoms with Crippen LogP contribution in [0.25, 0.3) is 0 Å². The lowest BCUT2D eigenvalue weighted by atomic mass is 10.1. The summed E-state index contributed by atoms with van der Waals surface area (Å²) in [6.45, 7) is 1.66. The topological polar surface area (TPSA) is 58.4 Å². The van der Waals surface area contributed by atoms with E-state index in [9.17, 15) is 4.79 Å². The molecule has 1 aromatic rings. The predicted octanol–water partition coefficient (Wildman–Crippen LogP) is 1.18. The number of hydrogen-bond donors (Lipinski definition) is 2. The number of rotatable bonds is 8. The quantitative estimate of drug-likeness (QED) is 0.553. The normalized spacial score (nSPS) is 12.8. The van der Waals surface area contributed by atoms with Crippen LogP contribution in [-0.2, 0) is 11.2 Å². The van der Waals surface area contributed by atoms with Gasteiger partial charge < -0.3 is 16.0 Å². The zero-order valence-electron chi connectivity index (χ0n) is 12.4. The lowest BCUT2D eigenvalue weighted by molar-refractivity contribution is -0.116. The van der Waals surface area contributed by atoms with E-state index in [0.717, 1.165) is 19.4 Å². The Morgan fingerprint density at radius 2 is 2.05 bits per heavy atom. The second-order valence-electron chi connectivity index (χ2n) is 5.16. The first kappa shape index (κ1) is 16.4. The van der Waals surface area contributed by atoms with Crippen molar-refractivity contribution in [2.24, 2.45) is 5.73 Å². The maximum absolute atomic E-state index is 11.6. The highest BCUT2D eigenvalue weighted by Gasteiger charge is 2.01. The van der Waals surface area contributed by atoms with Crippen LogP contribution in [0.2, 0.25) is 0 Å². The van der Waals surface area contributed by atoms with Crippen molar-refractivity contribution in [1.82, 2.24) is 10.2 Å². The van der Waals surface area contributed by atoms with Gasteiger partial charge in [-0.25, -0.2) is 0 Å². The third kappa shape index (κ3) is 7.71. The maximum Gasteiger partial charge on any atom is 0.243 e. The summed E-state index contributed by atoms with van der Waals surface area (Å²) in [7, 11) is 4.04. The number of hydrogen-bond acceptors (Lipinski definition) is 3. The molecule has 0 aliphatic heterocycles. The summed E-state index contributed by atoms with van der Waals surface area (Å²) < 4.78 is 0. The first-order chi connectivity index (χ1) is 9.58. The minimum Gasteiger partial charge on any atom is -0.353 e. The van der Waals surface area contributed by atoms with E-state index in [2.05, 4.69) is 10.2 Å². The van der Waals surface area contributed by atoms with Gasteiger partial charge >= 0.3 is 0 Å². The van der Waals surface area contributed by atoms with E-state index in [-0.39, 0.29) is 11.9 Å². The molecule has 4 heteroatoms. The second-order valence-corrected chi connectivity index (χ2v) is 5.16. The number of benzene rings is 1. The largest absolute Gasteiger partial charge is 0.353 e. The Bertz CT molecular complexity index is 415. The van der Waals surface area contributed by atoms with Crippen LogP contribution in [0.5, 0.6) is 0 Å². The minimum absolute atomic E-state index is 0.0766. The first-order valence-electron chi connectivity index (χ1n) is 6.98. The SMILES string of the molecule is CN(C)CCCNC(=O)C=C[C@H](N)Cc1ccccc1. The molecule has 1 atom stereocenters. The number of carbonyl (C=O) groups excluding carboxylic acids is 1. The molecule has 0 saturated heterocycles. The minimum atomic E-state index is -0.134. The molecule has 1 rings (SSSR count). The first-order valence-corrected chi connectivity index (χ1v) is 6.98. The fraction of sp³-hybridized carbons (Fsp3) is 0.438. The van der Waals surface area contributed by atoms with E-state index in [1.807, 2.05) is 44.4 Å². The lowest BCUT2D eigenvalue weighted by Gasteiger charge is -2.09. The third-order valence-corrected chi connectivity index (χ3v) is 2.89.